The SMILES string of the molecule is CCN(CC)S(=O)(=O)c1ccc(Cl)c(C(=O)NCC2(N(C)C)CCCC2)c1. The number of hydrogen-bond acceptors (Lipinski definition) is 4. The zero-order valence-electron chi connectivity index (χ0n) is 16.6. The van der Waals surface area contributed by atoms with Crippen molar-refractivity contribution in [2.75, 3.05) is 33.7 Å². The van der Waals surface area contributed by atoms with Crippen LogP contribution in [0.2, 0.25) is 5.02 Å². The summed E-state index contributed by atoms with van der Waals surface area (Å²) in [6, 6.07) is 4.30. The lowest BCUT2D eigenvalue weighted by atomic mass is 9.96. The maximum atomic E-state index is 12.8. The van der Waals surface area contributed by atoms with E-state index in [9.17, 15) is 13.2 Å². The second kappa shape index (κ2) is 8.90. The molecular weight excluding hydrogens is 386 g/mol. The van der Waals surface area contributed by atoms with E-state index in [1.54, 1.807) is 13.8 Å². The van der Waals surface area contributed by atoms with Crippen LogP contribution < -0.4 is 5.32 Å². The standard InChI is InChI=1S/C19H30ClN3O3S/c1-5-23(6-2)27(25,26)15-9-10-17(20)16(13-15)18(24)21-14-19(22(3)4)11-7-8-12-19/h9-10,13H,5-8,11-12,14H2,1-4H3,(H,21,24). The zero-order chi connectivity index (χ0) is 20.2. The molecule has 0 spiro atoms. The van der Waals surface area contributed by atoms with Gasteiger partial charge in [0, 0.05) is 25.2 Å². The third-order valence-electron chi connectivity index (χ3n) is 5.59. The van der Waals surface area contributed by atoms with Crippen LogP contribution >= 0.6 is 11.6 Å². The number of carbonyl (C=O) groups is 1. The molecule has 2 rings (SSSR count). The van der Waals surface area contributed by atoms with Gasteiger partial charge in [0.25, 0.3) is 5.91 Å². The number of nitrogens with one attached hydrogen (secondary N) is 1. The van der Waals surface area contributed by atoms with Gasteiger partial charge in [0.2, 0.25) is 10.0 Å². The van der Waals surface area contributed by atoms with E-state index in [1.165, 1.54) is 22.5 Å². The van der Waals surface area contributed by atoms with Gasteiger partial charge < -0.3 is 10.2 Å². The van der Waals surface area contributed by atoms with Gasteiger partial charge in [-0.2, -0.15) is 4.31 Å². The van der Waals surface area contributed by atoms with Crippen LogP contribution in [0.5, 0.6) is 0 Å². The molecule has 1 aliphatic rings. The van der Waals surface area contributed by atoms with Gasteiger partial charge in [0.1, 0.15) is 0 Å². The third-order valence-corrected chi connectivity index (χ3v) is 7.96. The summed E-state index contributed by atoms with van der Waals surface area (Å²) >= 11 is 6.20. The summed E-state index contributed by atoms with van der Waals surface area (Å²) in [5, 5.41) is 3.21. The first-order valence-electron chi connectivity index (χ1n) is 9.43. The second-order valence-corrected chi connectivity index (χ2v) is 9.58. The average molecular weight is 416 g/mol. The van der Waals surface area contributed by atoms with Crippen molar-refractivity contribution in [3.05, 3.63) is 28.8 Å². The van der Waals surface area contributed by atoms with E-state index in [0.29, 0.717) is 19.6 Å². The van der Waals surface area contributed by atoms with E-state index in [2.05, 4.69) is 10.2 Å². The summed E-state index contributed by atoms with van der Waals surface area (Å²) in [4.78, 5) is 15.0. The molecule has 152 valence electrons. The first kappa shape index (κ1) is 22.1. The Hall–Kier alpha value is -1.15. The number of rotatable bonds is 8. The van der Waals surface area contributed by atoms with Gasteiger partial charge in [-0.05, 0) is 45.1 Å². The number of likely N-dealkylation sites (N-methyl/N-ethyl adjacent to an activating group) is 1. The van der Waals surface area contributed by atoms with Crippen molar-refractivity contribution in [2.45, 2.75) is 50.0 Å². The Labute approximate surface area is 167 Å². The molecule has 0 bridgehead atoms. The van der Waals surface area contributed by atoms with E-state index in [0.717, 1.165) is 25.7 Å². The molecule has 1 amide bonds. The van der Waals surface area contributed by atoms with Crippen molar-refractivity contribution in [3.63, 3.8) is 0 Å². The summed E-state index contributed by atoms with van der Waals surface area (Å²) in [6.45, 7) is 4.82. The number of carbonyl (C=O) groups excluding carboxylic acids is 1. The highest BCUT2D eigenvalue weighted by atomic mass is 35.5. The lowest BCUT2D eigenvalue weighted by molar-refractivity contribution is 0.0900. The molecule has 6 nitrogen and oxygen atoms in total. The topological polar surface area (TPSA) is 69.7 Å². The maximum Gasteiger partial charge on any atom is 0.252 e. The molecule has 0 aromatic heterocycles. The number of halogens is 1. The van der Waals surface area contributed by atoms with Crippen LogP contribution in [0.25, 0.3) is 0 Å². The smallest absolute Gasteiger partial charge is 0.252 e. The minimum Gasteiger partial charge on any atom is -0.350 e. The van der Waals surface area contributed by atoms with Crippen LogP contribution in [0.15, 0.2) is 23.1 Å². The molecule has 0 radical (unpaired) electrons. The fourth-order valence-electron chi connectivity index (χ4n) is 3.71. The van der Waals surface area contributed by atoms with Crippen molar-refractivity contribution in [1.29, 1.82) is 0 Å². The monoisotopic (exact) mass is 415 g/mol. The summed E-state index contributed by atoms with van der Waals surface area (Å²) in [6.07, 6.45) is 4.35. The van der Waals surface area contributed by atoms with Gasteiger partial charge in [-0.3, -0.25) is 4.79 Å². The highest BCUT2D eigenvalue weighted by Crippen LogP contribution is 2.33. The second-order valence-electron chi connectivity index (χ2n) is 7.24. The number of sulfonamides is 1. The first-order chi connectivity index (χ1) is 12.7. The van der Waals surface area contributed by atoms with Gasteiger partial charge in [0.05, 0.1) is 15.5 Å². The molecule has 0 saturated heterocycles. The van der Waals surface area contributed by atoms with Crippen LogP contribution in [0.3, 0.4) is 0 Å². The number of benzene rings is 1. The minimum absolute atomic E-state index is 0.0486. The Morgan fingerprint density at radius 3 is 2.30 bits per heavy atom. The molecule has 0 unspecified atom stereocenters. The van der Waals surface area contributed by atoms with Crippen molar-refractivity contribution in [1.82, 2.24) is 14.5 Å². The molecule has 1 aromatic carbocycles. The fourth-order valence-corrected chi connectivity index (χ4v) is 5.39. The fraction of sp³-hybridized carbons (Fsp3) is 0.632. The number of nitrogens with zero attached hydrogens (tertiary/aromatic N) is 2. The molecule has 0 atom stereocenters. The van der Waals surface area contributed by atoms with Gasteiger partial charge in [0.15, 0.2) is 0 Å². The Morgan fingerprint density at radius 1 is 1.19 bits per heavy atom. The van der Waals surface area contributed by atoms with Crippen LogP contribution in [0, 0.1) is 0 Å². The highest BCUT2D eigenvalue weighted by molar-refractivity contribution is 7.89. The summed E-state index contributed by atoms with van der Waals surface area (Å²) in [7, 11) is 0.415. The number of amides is 1. The van der Waals surface area contributed by atoms with E-state index in [-0.39, 0.29) is 26.9 Å². The lowest BCUT2D eigenvalue weighted by Crippen LogP contribution is -2.50. The highest BCUT2D eigenvalue weighted by Gasteiger charge is 2.36. The van der Waals surface area contributed by atoms with Crippen LogP contribution in [-0.4, -0.2) is 62.8 Å². The average Bonchev–Trinajstić information content (AvgIpc) is 3.11. The molecule has 1 aromatic rings. The summed E-state index contributed by atoms with van der Waals surface area (Å²) in [5.41, 5.74) is 0.143. The Balaban J connectivity index is 2.24. The van der Waals surface area contributed by atoms with Crippen molar-refractivity contribution < 1.29 is 13.2 Å². The van der Waals surface area contributed by atoms with E-state index in [4.69, 9.17) is 11.6 Å². The third kappa shape index (κ3) is 4.65. The van der Waals surface area contributed by atoms with E-state index >= 15 is 0 Å². The predicted octanol–water partition coefficient (Wildman–Crippen LogP) is 2.97. The first-order valence-corrected chi connectivity index (χ1v) is 11.2. The van der Waals surface area contributed by atoms with Gasteiger partial charge in [-0.15, -0.1) is 0 Å². The van der Waals surface area contributed by atoms with Crippen LogP contribution in [0.1, 0.15) is 49.9 Å². The molecule has 0 aliphatic heterocycles. The molecule has 8 heteroatoms. The summed E-state index contributed by atoms with van der Waals surface area (Å²) in [5.74, 6) is -0.343. The number of hydrogen-bond donors (Lipinski definition) is 1. The van der Waals surface area contributed by atoms with Crippen molar-refractivity contribution in [3.8, 4) is 0 Å². The van der Waals surface area contributed by atoms with E-state index in [1.807, 2.05) is 14.1 Å². The lowest BCUT2D eigenvalue weighted by Gasteiger charge is -2.36. The van der Waals surface area contributed by atoms with Crippen molar-refractivity contribution >= 4 is 27.5 Å². The van der Waals surface area contributed by atoms with E-state index < -0.39 is 10.0 Å². The quantitative estimate of drug-likeness (QED) is 0.708. The largest absolute Gasteiger partial charge is 0.350 e. The van der Waals surface area contributed by atoms with Crippen LogP contribution in [0.4, 0.5) is 0 Å². The Bertz CT molecular complexity index is 770. The van der Waals surface area contributed by atoms with Gasteiger partial charge in [-0.25, -0.2) is 8.42 Å². The molecular formula is C19H30ClN3O3S. The van der Waals surface area contributed by atoms with Gasteiger partial charge in [-0.1, -0.05) is 38.3 Å². The van der Waals surface area contributed by atoms with Gasteiger partial charge >= 0.3 is 0 Å². The molecule has 0 heterocycles. The van der Waals surface area contributed by atoms with Crippen LogP contribution in [-0.2, 0) is 10.0 Å². The summed E-state index contributed by atoms with van der Waals surface area (Å²) < 4.78 is 26.8. The van der Waals surface area contributed by atoms with Crippen molar-refractivity contribution in [2.24, 2.45) is 0 Å². The predicted molar refractivity (Wildman–Crippen MR) is 109 cm³/mol. The molecule has 1 aliphatic carbocycles. The maximum absolute atomic E-state index is 12.8. The molecule has 1 fully saturated rings. The zero-order valence-corrected chi connectivity index (χ0v) is 18.2. The Kier molecular flexibility index (Phi) is 7.30. The molecule has 27 heavy (non-hydrogen) atoms. The molecule has 1 saturated carbocycles. The minimum atomic E-state index is -3.64. The Morgan fingerprint density at radius 2 is 1.78 bits per heavy atom. The normalized spacial score (nSPS) is 16.9. The molecule has 1 N–H and O–H groups in total.